The highest BCUT2D eigenvalue weighted by molar-refractivity contribution is 6.32. The maximum absolute atomic E-state index is 11.9. The summed E-state index contributed by atoms with van der Waals surface area (Å²) < 4.78 is 0. The van der Waals surface area contributed by atoms with Gasteiger partial charge >= 0.3 is 0 Å². The lowest BCUT2D eigenvalue weighted by Gasteiger charge is -2.34. The molecule has 1 aromatic rings. The Bertz CT molecular complexity index is 431. The smallest absolute Gasteiger partial charge is 0.228 e. The van der Waals surface area contributed by atoms with Gasteiger partial charge in [0.05, 0.1) is 0 Å². The molecular weight excluding hydrogens is 199 g/mol. The van der Waals surface area contributed by atoms with Crippen molar-refractivity contribution < 1.29 is 4.79 Å². The molecule has 1 aliphatic rings. The molecule has 0 aromatic carbocycles. The predicted octanol–water partition coefficient (Wildman–Crippen LogP) is 1.12. The number of carbonyl (C=O) groups excluding carboxylic acids is 1. The van der Waals surface area contributed by atoms with Gasteiger partial charge in [0.25, 0.3) is 0 Å². The van der Waals surface area contributed by atoms with Crippen LogP contribution in [0.5, 0.6) is 0 Å². The first-order chi connectivity index (χ1) is 7.50. The largest absolute Gasteiger partial charge is 0.294 e. The monoisotopic (exact) mass is 214 g/mol. The van der Waals surface area contributed by atoms with Crippen LogP contribution in [-0.2, 0) is 4.79 Å². The van der Waals surface area contributed by atoms with Crippen LogP contribution in [0.4, 0.5) is 5.82 Å². The van der Waals surface area contributed by atoms with Crippen molar-refractivity contribution in [3.63, 3.8) is 0 Å². The number of aromatic nitrogens is 1. The minimum atomic E-state index is 0.134. The maximum Gasteiger partial charge on any atom is 0.228 e. The van der Waals surface area contributed by atoms with Gasteiger partial charge in [0, 0.05) is 18.7 Å². The van der Waals surface area contributed by atoms with Crippen LogP contribution in [-0.4, -0.2) is 24.8 Å². The van der Waals surface area contributed by atoms with Gasteiger partial charge in [0.1, 0.15) is 13.7 Å². The van der Waals surface area contributed by atoms with Crippen LogP contribution in [0, 0.1) is 0 Å². The van der Waals surface area contributed by atoms with Crippen LogP contribution in [0.2, 0.25) is 0 Å². The lowest BCUT2D eigenvalue weighted by atomic mass is 9.88. The number of fused-ring (bicyclic) bond motifs is 1. The summed E-state index contributed by atoms with van der Waals surface area (Å²) >= 11 is 0. The van der Waals surface area contributed by atoms with E-state index in [0.717, 1.165) is 11.4 Å². The molecule has 1 aliphatic heterocycles. The Morgan fingerprint density at radius 2 is 2.25 bits per heavy atom. The average Bonchev–Trinajstić information content (AvgIpc) is 2.18. The zero-order valence-corrected chi connectivity index (χ0v) is 9.90. The highest BCUT2D eigenvalue weighted by Gasteiger charge is 2.31. The van der Waals surface area contributed by atoms with Crippen LogP contribution in [0.3, 0.4) is 0 Å². The molecule has 1 unspecified atom stereocenters. The number of pyridine rings is 1. The van der Waals surface area contributed by atoms with Crippen LogP contribution >= 0.6 is 0 Å². The van der Waals surface area contributed by atoms with Gasteiger partial charge in [-0.2, -0.15) is 0 Å². The molecule has 2 heterocycles. The van der Waals surface area contributed by atoms with E-state index in [0.29, 0.717) is 11.9 Å². The van der Waals surface area contributed by atoms with Crippen LogP contribution in [0.25, 0.3) is 0 Å². The van der Waals surface area contributed by atoms with Crippen molar-refractivity contribution in [3.8, 4) is 0 Å². The van der Waals surface area contributed by atoms with Crippen molar-refractivity contribution in [3.05, 3.63) is 17.8 Å². The van der Waals surface area contributed by atoms with Crippen LogP contribution < -0.4 is 10.4 Å². The van der Waals surface area contributed by atoms with Gasteiger partial charge in [-0.05, 0) is 25.3 Å². The molecule has 0 fully saturated rings. The molecule has 0 N–H and O–H groups in total. The minimum absolute atomic E-state index is 0.134. The SMILES string of the molecule is [B]c1cnc2c(c1)C(C)CC(=O)N2C(C)C. The van der Waals surface area contributed by atoms with Gasteiger partial charge in [0.2, 0.25) is 5.91 Å². The summed E-state index contributed by atoms with van der Waals surface area (Å²) in [6, 6.07) is 2.06. The molecule has 0 aliphatic carbocycles. The van der Waals surface area contributed by atoms with E-state index >= 15 is 0 Å². The zero-order valence-electron chi connectivity index (χ0n) is 9.90. The summed E-state index contributed by atoms with van der Waals surface area (Å²) in [5.74, 6) is 1.12. The second kappa shape index (κ2) is 3.93. The highest BCUT2D eigenvalue weighted by atomic mass is 16.2. The molecule has 3 nitrogen and oxygen atoms in total. The van der Waals surface area contributed by atoms with E-state index in [4.69, 9.17) is 7.85 Å². The van der Waals surface area contributed by atoms with Crippen molar-refractivity contribution in [1.82, 2.24) is 4.98 Å². The summed E-state index contributed by atoms with van der Waals surface area (Å²) in [6.07, 6.45) is 2.15. The first kappa shape index (κ1) is 11.2. The van der Waals surface area contributed by atoms with E-state index in [1.165, 1.54) is 0 Å². The Morgan fingerprint density at radius 1 is 1.56 bits per heavy atom. The number of hydrogen-bond donors (Lipinski definition) is 0. The standard InChI is InChI=1S/C12H15BN2O/c1-7(2)15-11(16)4-8(3)10-5-9(13)6-14-12(10)15/h5-8H,4H2,1-3H3. The summed E-state index contributed by atoms with van der Waals surface area (Å²) in [7, 11) is 5.73. The van der Waals surface area contributed by atoms with Crippen molar-refractivity contribution in [2.45, 2.75) is 39.2 Å². The van der Waals surface area contributed by atoms with Crippen LogP contribution in [0.15, 0.2) is 12.3 Å². The van der Waals surface area contributed by atoms with Crippen molar-refractivity contribution in [1.29, 1.82) is 0 Å². The molecule has 1 amide bonds. The minimum Gasteiger partial charge on any atom is -0.294 e. The number of amides is 1. The summed E-state index contributed by atoms with van der Waals surface area (Å²) in [4.78, 5) is 18.0. The highest BCUT2D eigenvalue weighted by Crippen LogP contribution is 2.34. The lowest BCUT2D eigenvalue weighted by Crippen LogP contribution is -2.42. The average molecular weight is 214 g/mol. The summed E-state index contributed by atoms with van der Waals surface area (Å²) in [5, 5.41) is 0. The predicted molar refractivity (Wildman–Crippen MR) is 65.3 cm³/mol. The molecule has 0 bridgehead atoms. The molecule has 1 aromatic heterocycles. The Hall–Kier alpha value is -1.32. The molecular formula is C12H15BN2O. The number of carbonyl (C=O) groups is 1. The summed E-state index contributed by atoms with van der Waals surface area (Å²) in [6.45, 7) is 6.03. The first-order valence-corrected chi connectivity index (χ1v) is 5.58. The number of nitrogens with zero attached hydrogens (tertiary/aromatic N) is 2. The first-order valence-electron chi connectivity index (χ1n) is 5.58. The fourth-order valence-corrected chi connectivity index (χ4v) is 2.18. The molecule has 2 rings (SSSR count). The van der Waals surface area contributed by atoms with Crippen LogP contribution in [0.1, 0.15) is 38.7 Å². The van der Waals surface area contributed by atoms with Gasteiger partial charge in [-0.3, -0.25) is 9.69 Å². The van der Waals surface area contributed by atoms with E-state index in [-0.39, 0.29) is 17.9 Å². The third kappa shape index (κ3) is 1.73. The second-order valence-corrected chi connectivity index (χ2v) is 4.64. The Labute approximate surface area is 97.3 Å². The number of hydrogen-bond acceptors (Lipinski definition) is 2. The normalized spacial score (nSPS) is 20.1. The second-order valence-electron chi connectivity index (χ2n) is 4.64. The van der Waals surface area contributed by atoms with Gasteiger partial charge in [-0.25, -0.2) is 4.98 Å². The lowest BCUT2D eigenvalue weighted by molar-refractivity contribution is -0.119. The molecule has 2 radical (unpaired) electrons. The topological polar surface area (TPSA) is 33.2 Å². The Balaban J connectivity index is 2.54. The quantitative estimate of drug-likeness (QED) is 0.656. The number of rotatable bonds is 1. The van der Waals surface area contributed by atoms with Crippen molar-refractivity contribution in [2.75, 3.05) is 4.90 Å². The fraction of sp³-hybridized carbons (Fsp3) is 0.500. The van der Waals surface area contributed by atoms with E-state index in [1.807, 2.05) is 26.8 Å². The Kier molecular flexibility index (Phi) is 2.74. The molecule has 82 valence electrons. The third-order valence-electron chi connectivity index (χ3n) is 2.94. The van der Waals surface area contributed by atoms with Crippen molar-refractivity contribution >= 4 is 25.0 Å². The number of anilines is 1. The van der Waals surface area contributed by atoms with E-state index in [2.05, 4.69) is 4.98 Å². The van der Waals surface area contributed by atoms with E-state index in [1.54, 1.807) is 11.1 Å². The van der Waals surface area contributed by atoms with Gasteiger partial charge in [-0.1, -0.05) is 18.5 Å². The molecule has 0 saturated heterocycles. The van der Waals surface area contributed by atoms with Crippen molar-refractivity contribution in [2.24, 2.45) is 0 Å². The van der Waals surface area contributed by atoms with Gasteiger partial charge < -0.3 is 0 Å². The van der Waals surface area contributed by atoms with E-state index in [9.17, 15) is 4.79 Å². The molecule has 1 atom stereocenters. The van der Waals surface area contributed by atoms with Gasteiger partial charge in [-0.15, -0.1) is 0 Å². The Morgan fingerprint density at radius 3 is 2.88 bits per heavy atom. The zero-order chi connectivity index (χ0) is 11.9. The summed E-state index contributed by atoms with van der Waals surface area (Å²) in [5.41, 5.74) is 1.73. The maximum atomic E-state index is 11.9. The van der Waals surface area contributed by atoms with Gasteiger partial charge in [0.15, 0.2) is 0 Å². The van der Waals surface area contributed by atoms with E-state index < -0.39 is 0 Å². The molecule has 4 heteroatoms. The molecule has 0 spiro atoms. The molecule has 16 heavy (non-hydrogen) atoms. The fourth-order valence-electron chi connectivity index (χ4n) is 2.18. The third-order valence-corrected chi connectivity index (χ3v) is 2.94. The molecule has 0 saturated carbocycles.